The summed E-state index contributed by atoms with van der Waals surface area (Å²) in [4.78, 5) is 20.3. The molecule has 0 radical (unpaired) electrons. The van der Waals surface area contributed by atoms with Gasteiger partial charge in [-0.25, -0.2) is 15.1 Å². The number of piperidine rings is 1. The van der Waals surface area contributed by atoms with Gasteiger partial charge in [-0.05, 0) is 54.8 Å². The third-order valence-corrected chi connectivity index (χ3v) is 4.81. The number of hydrogen-bond donors (Lipinski definition) is 3. The van der Waals surface area contributed by atoms with Gasteiger partial charge >= 0.3 is 12.0 Å². The maximum atomic E-state index is 11.8. The molecule has 1 aliphatic heterocycles. The van der Waals surface area contributed by atoms with Crippen LogP contribution in [0.5, 0.6) is 6.01 Å². The Balaban J connectivity index is 1.70. The van der Waals surface area contributed by atoms with E-state index in [1.165, 1.54) is 0 Å². The molecule has 0 aromatic carbocycles. The maximum Gasteiger partial charge on any atom is 0.316 e. The van der Waals surface area contributed by atoms with Gasteiger partial charge in [-0.1, -0.05) is 13.3 Å². The average Bonchev–Trinajstić information content (AvgIpc) is 3.21. The van der Waals surface area contributed by atoms with Crippen LogP contribution in [0.15, 0.2) is 12.4 Å². The Bertz CT molecular complexity index is 702. The van der Waals surface area contributed by atoms with Crippen molar-refractivity contribution in [1.82, 2.24) is 35.9 Å². The molecule has 10 nitrogen and oxygen atoms in total. The zero-order valence-electron chi connectivity index (χ0n) is 15.3. The largest absolute Gasteiger partial charge is 0.481 e. The van der Waals surface area contributed by atoms with Crippen LogP contribution >= 0.6 is 0 Å². The van der Waals surface area contributed by atoms with Crippen molar-refractivity contribution in [3.63, 3.8) is 0 Å². The summed E-state index contributed by atoms with van der Waals surface area (Å²) >= 11 is 0. The highest BCUT2D eigenvalue weighted by Gasteiger charge is 2.31. The second-order valence-electron chi connectivity index (χ2n) is 6.77. The molecule has 2 aromatic rings. The van der Waals surface area contributed by atoms with E-state index in [4.69, 9.17) is 4.74 Å². The standard InChI is InChI=1S/C17H25N7O3/c1-2-3-13(16(25)26)14(15-21-23-24-22-15)8-11-9-19-17(20-10-11)27-12-4-6-18-7-5-12/h9-10,12-14,18H,2-8H2,1H3,(H,25,26)(H,21,22,23,24)/t13-,14-/m0/s1. The Labute approximate surface area is 157 Å². The van der Waals surface area contributed by atoms with Crippen LogP contribution in [0.25, 0.3) is 0 Å². The molecule has 0 bridgehead atoms. The molecule has 2 aromatic heterocycles. The van der Waals surface area contributed by atoms with Gasteiger partial charge < -0.3 is 15.2 Å². The van der Waals surface area contributed by atoms with Crippen molar-refractivity contribution in [2.75, 3.05) is 13.1 Å². The molecule has 3 heterocycles. The topological polar surface area (TPSA) is 139 Å². The second-order valence-corrected chi connectivity index (χ2v) is 6.77. The van der Waals surface area contributed by atoms with E-state index in [-0.39, 0.29) is 12.0 Å². The molecular formula is C17H25N7O3. The fourth-order valence-corrected chi connectivity index (χ4v) is 3.39. The zero-order chi connectivity index (χ0) is 19.1. The van der Waals surface area contributed by atoms with Crippen LogP contribution in [-0.2, 0) is 11.2 Å². The van der Waals surface area contributed by atoms with E-state index in [9.17, 15) is 9.90 Å². The van der Waals surface area contributed by atoms with E-state index in [2.05, 4.69) is 35.9 Å². The lowest BCUT2D eigenvalue weighted by molar-refractivity contribution is -0.143. The van der Waals surface area contributed by atoms with Gasteiger partial charge in [0.2, 0.25) is 0 Å². The fourth-order valence-electron chi connectivity index (χ4n) is 3.39. The number of aromatic nitrogens is 6. The number of carboxylic acid groups (broad SMARTS) is 1. The number of H-pyrrole nitrogens is 1. The minimum absolute atomic E-state index is 0.131. The van der Waals surface area contributed by atoms with Gasteiger partial charge in [-0.15, -0.1) is 5.10 Å². The minimum atomic E-state index is -0.856. The smallest absolute Gasteiger partial charge is 0.316 e. The molecule has 1 fully saturated rings. The molecule has 0 unspecified atom stereocenters. The van der Waals surface area contributed by atoms with Crippen LogP contribution in [0, 0.1) is 5.92 Å². The Hall–Kier alpha value is -2.62. The van der Waals surface area contributed by atoms with Crippen LogP contribution in [-0.4, -0.2) is 60.9 Å². The van der Waals surface area contributed by atoms with Crippen molar-refractivity contribution in [3.8, 4) is 6.01 Å². The number of ether oxygens (including phenoxy) is 1. The summed E-state index contributed by atoms with van der Waals surface area (Å²) in [7, 11) is 0. The lowest BCUT2D eigenvalue weighted by Gasteiger charge is -2.23. The highest BCUT2D eigenvalue weighted by molar-refractivity contribution is 5.71. The molecule has 0 aliphatic carbocycles. The molecule has 3 N–H and O–H groups in total. The van der Waals surface area contributed by atoms with Crippen LogP contribution in [0.4, 0.5) is 0 Å². The van der Waals surface area contributed by atoms with Gasteiger partial charge in [0.05, 0.1) is 5.92 Å². The first-order valence-corrected chi connectivity index (χ1v) is 9.32. The highest BCUT2D eigenvalue weighted by atomic mass is 16.5. The van der Waals surface area contributed by atoms with Gasteiger partial charge in [0.25, 0.3) is 0 Å². The minimum Gasteiger partial charge on any atom is -0.481 e. The second kappa shape index (κ2) is 9.36. The highest BCUT2D eigenvalue weighted by Crippen LogP contribution is 2.29. The monoisotopic (exact) mass is 375 g/mol. The number of carboxylic acids is 1. The predicted molar refractivity (Wildman–Crippen MR) is 95.2 cm³/mol. The maximum absolute atomic E-state index is 11.8. The Kier molecular flexibility index (Phi) is 6.64. The third kappa shape index (κ3) is 5.19. The molecule has 2 atom stereocenters. The number of nitrogens with zero attached hydrogens (tertiary/aromatic N) is 5. The molecule has 146 valence electrons. The van der Waals surface area contributed by atoms with Gasteiger partial charge in [0, 0.05) is 18.3 Å². The first-order chi connectivity index (χ1) is 13.2. The predicted octanol–water partition coefficient (Wildman–Crippen LogP) is 0.948. The quantitative estimate of drug-likeness (QED) is 0.584. The average molecular weight is 375 g/mol. The van der Waals surface area contributed by atoms with E-state index in [0.29, 0.717) is 24.7 Å². The van der Waals surface area contributed by atoms with Crippen molar-refractivity contribution < 1.29 is 14.6 Å². The summed E-state index contributed by atoms with van der Waals surface area (Å²) in [6, 6.07) is 0.354. The summed E-state index contributed by atoms with van der Waals surface area (Å²) in [6.45, 7) is 3.83. The first kappa shape index (κ1) is 19.2. The van der Waals surface area contributed by atoms with E-state index >= 15 is 0 Å². The van der Waals surface area contributed by atoms with Crippen LogP contribution in [0.1, 0.15) is 49.9 Å². The Morgan fingerprint density at radius 2 is 2.07 bits per heavy atom. The van der Waals surface area contributed by atoms with E-state index in [1.54, 1.807) is 12.4 Å². The SMILES string of the molecule is CCC[C@H](C(=O)O)[C@H](Cc1cnc(OC2CCNCC2)nc1)c1nnn[nH]1. The van der Waals surface area contributed by atoms with Crippen molar-refractivity contribution in [2.24, 2.45) is 5.92 Å². The molecule has 0 spiro atoms. The number of carbonyl (C=O) groups is 1. The van der Waals surface area contributed by atoms with Gasteiger partial charge in [-0.2, -0.15) is 0 Å². The lowest BCUT2D eigenvalue weighted by Crippen LogP contribution is -2.34. The van der Waals surface area contributed by atoms with Crippen molar-refractivity contribution in [2.45, 2.75) is 51.0 Å². The number of nitrogens with one attached hydrogen (secondary N) is 2. The summed E-state index contributed by atoms with van der Waals surface area (Å²) in [6.07, 6.45) is 7.10. The van der Waals surface area contributed by atoms with Crippen LogP contribution in [0.2, 0.25) is 0 Å². The Morgan fingerprint density at radius 3 is 2.67 bits per heavy atom. The van der Waals surface area contributed by atoms with Crippen molar-refractivity contribution in [1.29, 1.82) is 0 Å². The molecule has 10 heteroatoms. The van der Waals surface area contributed by atoms with E-state index < -0.39 is 11.9 Å². The molecule has 0 saturated carbocycles. The normalized spacial score (nSPS) is 17.4. The van der Waals surface area contributed by atoms with E-state index in [1.807, 2.05) is 6.92 Å². The fraction of sp³-hybridized carbons (Fsp3) is 0.647. The van der Waals surface area contributed by atoms with Gasteiger partial charge in [-0.3, -0.25) is 4.79 Å². The lowest BCUT2D eigenvalue weighted by atomic mass is 9.84. The molecule has 3 rings (SSSR count). The van der Waals surface area contributed by atoms with E-state index in [0.717, 1.165) is 37.9 Å². The number of hydrogen-bond acceptors (Lipinski definition) is 8. The molecule has 0 amide bonds. The molecule has 1 saturated heterocycles. The number of tetrazole rings is 1. The number of aromatic amines is 1. The number of aliphatic carboxylic acids is 1. The summed E-state index contributed by atoms with van der Waals surface area (Å²) in [5, 5.41) is 26.8. The molecule has 1 aliphatic rings. The number of rotatable bonds is 9. The summed E-state index contributed by atoms with van der Waals surface area (Å²) < 4.78 is 5.82. The molecular weight excluding hydrogens is 350 g/mol. The van der Waals surface area contributed by atoms with Crippen LogP contribution in [0.3, 0.4) is 0 Å². The Morgan fingerprint density at radius 1 is 1.33 bits per heavy atom. The van der Waals surface area contributed by atoms with Crippen molar-refractivity contribution >= 4 is 5.97 Å². The van der Waals surface area contributed by atoms with Gasteiger partial charge in [0.1, 0.15) is 6.10 Å². The van der Waals surface area contributed by atoms with Crippen molar-refractivity contribution in [3.05, 3.63) is 23.8 Å². The van der Waals surface area contributed by atoms with Gasteiger partial charge in [0.15, 0.2) is 5.82 Å². The zero-order valence-corrected chi connectivity index (χ0v) is 15.3. The summed E-state index contributed by atoms with van der Waals surface area (Å²) in [5.41, 5.74) is 0.816. The summed E-state index contributed by atoms with van der Waals surface area (Å²) in [5.74, 6) is -1.36. The molecule has 27 heavy (non-hydrogen) atoms. The van der Waals surface area contributed by atoms with Crippen LogP contribution < -0.4 is 10.1 Å². The first-order valence-electron chi connectivity index (χ1n) is 9.32. The third-order valence-electron chi connectivity index (χ3n) is 4.81.